The number of anilines is 1. The maximum atomic E-state index is 11.8. The van der Waals surface area contributed by atoms with E-state index in [9.17, 15) is 4.79 Å². The number of carbonyl (C=O) groups is 1. The molecule has 3 rings (SSSR count). The third-order valence-electron chi connectivity index (χ3n) is 4.81. The molecule has 6 nitrogen and oxygen atoms in total. The Bertz CT molecular complexity index is 788. The van der Waals surface area contributed by atoms with Gasteiger partial charge in [-0.2, -0.15) is 0 Å². The van der Waals surface area contributed by atoms with E-state index in [1.807, 2.05) is 18.2 Å². The Hall–Kier alpha value is -1.81. The lowest BCUT2D eigenvalue weighted by molar-refractivity contribution is 0.0963. The third-order valence-corrected chi connectivity index (χ3v) is 5.74. The Labute approximate surface area is 194 Å². The fraction of sp³-hybridized carbons (Fsp3) is 0.429. The smallest absolute Gasteiger partial charge is 0.251 e. The molecule has 2 N–H and O–H groups in total. The van der Waals surface area contributed by atoms with E-state index in [4.69, 9.17) is 4.99 Å². The van der Waals surface area contributed by atoms with E-state index in [0.717, 1.165) is 50.7 Å². The first-order valence-electron chi connectivity index (χ1n) is 9.84. The molecule has 158 valence electrons. The molecule has 0 aliphatic carbocycles. The van der Waals surface area contributed by atoms with Crippen LogP contribution in [0.3, 0.4) is 0 Å². The monoisotopic (exact) mass is 527 g/mol. The molecule has 1 aliphatic heterocycles. The summed E-state index contributed by atoms with van der Waals surface area (Å²) in [6.45, 7) is 7.62. The number of halogens is 1. The van der Waals surface area contributed by atoms with Crippen LogP contribution in [0.15, 0.2) is 46.8 Å². The molecule has 1 fully saturated rings. The number of piperazine rings is 1. The first kappa shape index (κ1) is 23.5. The number of amides is 1. The summed E-state index contributed by atoms with van der Waals surface area (Å²) in [5.41, 5.74) is 1.82. The van der Waals surface area contributed by atoms with Crippen molar-refractivity contribution in [1.82, 2.24) is 15.5 Å². The number of benzene rings is 1. The second-order valence-corrected chi connectivity index (χ2v) is 7.62. The largest absolute Gasteiger partial charge is 0.360 e. The predicted octanol–water partition coefficient (Wildman–Crippen LogP) is 3.06. The van der Waals surface area contributed by atoms with Crippen molar-refractivity contribution in [3.05, 3.63) is 52.9 Å². The Kier molecular flexibility index (Phi) is 9.72. The Balaban J connectivity index is 0.00000300. The number of carbonyl (C=O) groups excluding carboxylic acids is 1. The van der Waals surface area contributed by atoms with Gasteiger partial charge in [-0.1, -0.05) is 12.1 Å². The van der Waals surface area contributed by atoms with Gasteiger partial charge in [-0.15, -0.1) is 35.3 Å². The molecule has 8 heteroatoms. The van der Waals surface area contributed by atoms with Crippen LogP contribution in [0.2, 0.25) is 0 Å². The maximum absolute atomic E-state index is 11.8. The number of thiophene rings is 1. The summed E-state index contributed by atoms with van der Waals surface area (Å²) in [6.07, 6.45) is 0.814. The Morgan fingerprint density at radius 2 is 1.97 bits per heavy atom. The molecule has 1 aliphatic rings. The number of hydrogen-bond acceptors (Lipinski definition) is 4. The number of hydrogen-bond donors (Lipinski definition) is 2. The van der Waals surface area contributed by atoms with Gasteiger partial charge in [0.15, 0.2) is 5.96 Å². The SMILES string of the molecule is CCNC(=NCCc1cccc(C(=O)NC)c1)N1CCN(c2cccs2)CC1.I. The fourth-order valence-electron chi connectivity index (χ4n) is 3.32. The second-order valence-electron chi connectivity index (χ2n) is 6.69. The third kappa shape index (κ3) is 6.60. The van der Waals surface area contributed by atoms with Gasteiger partial charge >= 0.3 is 0 Å². The average Bonchev–Trinajstić information content (AvgIpc) is 3.28. The van der Waals surface area contributed by atoms with Crippen LogP contribution in [0.4, 0.5) is 5.00 Å². The van der Waals surface area contributed by atoms with E-state index < -0.39 is 0 Å². The van der Waals surface area contributed by atoms with Crippen LogP contribution < -0.4 is 15.5 Å². The highest BCUT2D eigenvalue weighted by atomic mass is 127. The number of rotatable bonds is 6. The topological polar surface area (TPSA) is 60.0 Å². The predicted molar refractivity (Wildman–Crippen MR) is 133 cm³/mol. The van der Waals surface area contributed by atoms with Gasteiger partial charge in [0.05, 0.1) is 5.00 Å². The molecule has 29 heavy (non-hydrogen) atoms. The molecular weight excluding hydrogens is 497 g/mol. The van der Waals surface area contributed by atoms with E-state index >= 15 is 0 Å². The van der Waals surface area contributed by atoms with Gasteiger partial charge in [0.25, 0.3) is 5.91 Å². The quantitative estimate of drug-likeness (QED) is 0.345. The summed E-state index contributed by atoms with van der Waals surface area (Å²) in [7, 11) is 1.65. The molecule has 2 heterocycles. The van der Waals surface area contributed by atoms with Gasteiger partial charge < -0.3 is 20.4 Å². The normalized spacial score (nSPS) is 14.3. The summed E-state index contributed by atoms with van der Waals surface area (Å²) in [5.74, 6) is 0.929. The summed E-state index contributed by atoms with van der Waals surface area (Å²) in [5, 5.41) is 9.57. The van der Waals surface area contributed by atoms with Gasteiger partial charge in [-0.25, -0.2) is 0 Å². The second kappa shape index (κ2) is 12.0. The molecule has 0 atom stereocenters. The first-order valence-corrected chi connectivity index (χ1v) is 10.7. The van der Waals surface area contributed by atoms with Gasteiger partial charge in [0, 0.05) is 51.9 Å². The molecular formula is C21H30IN5OS. The van der Waals surface area contributed by atoms with Crippen molar-refractivity contribution < 1.29 is 4.79 Å². The molecule has 2 aromatic rings. The lowest BCUT2D eigenvalue weighted by Gasteiger charge is -2.37. The molecule has 1 aromatic heterocycles. The van der Waals surface area contributed by atoms with Gasteiger partial charge in [0.1, 0.15) is 0 Å². The minimum atomic E-state index is -0.0534. The van der Waals surface area contributed by atoms with Crippen molar-refractivity contribution in [2.45, 2.75) is 13.3 Å². The van der Waals surface area contributed by atoms with E-state index in [1.165, 1.54) is 5.00 Å². The lowest BCUT2D eigenvalue weighted by atomic mass is 10.1. The molecule has 1 aromatic carbocycles. The van der Waals surface area contributed by atoms with E-state index in [-0.39, 0.29) is 29.9 Å². The van der Waals surface area contributed by atoms with Crippen molar-refractivity contribution in [3.63, 3.8) is 0 Å². The minimum absolute atomic E-state index is 0. The summed E-state index contributed by atoms with van der Waals surface area (Å²) in [6, 6.07) is 12.1. The molecule has 0 radical (unpaired) electrons. The molecule has 0 unspecified atom stereocenters. The molecule has 1 amide bonds. The number of aliphatic imine (C=N–C) groups is 1. The molecule has 0 bridgehead atoms. The van der Waals surface area contributed by atoms with Crippen molar-refractivity contribution in [3.8, 4) is 0 Å². The van der Waals surface area contributed by atoms with Crippen molar-refractivity contribution in [1.29, 1.82) is 0 Å². The zero-order valence-corrected chi connectivity index (χ0v) is 20.2. The van der Waals surface area contributed by atoms with Gasteiger partial charge in [-0.3, -0.25) is 9.79 Å². The van der Waals surface area contributed by atoms with E-state index in [2.05, 4.69) is 50.9 Å². The number of guanidine groups is 1. The van der Waals surface area contributed by atoms with Gasteiger partial charge in [0.2, 0.25) is 0 Å². The summed E-state index contributed by atoms with van der Waals surface area (Å²) in [4.78, 5) is 21.4. The van der Waals surface area contributed by atoms with Crippen molar-refractivity contribution in [2.75, 3.05) is 51.2 Å². The maximum Gasteiger partial charge on any atom is 0.251 e. The van der Waals surface area contributed by atoms with Crippen LogP contribution in [0.5, 0.6) is 0 Å². The van der Waals surface area contributed by atoms with Crippen LogP contribution in [0.1, 0.15) is 22.8 Å². The van der Waals surface area contributed by atoms with Gasteiger partial charge in [-0.05, 0) is 48.6 Å². The molecule has 1 saturated heterocycles. The van der Waals surface area contributed by atoms with Crippen molar-refractivity contribution in [2.24, 2.45) is 4.99 Å². The van der Waals surface area contributed by atoms with Crippen LogP contribution in [0, 0.1) is 0 Å². The standard InChI is InChI=1S/C21H29N5OS.HI/c1-3-23-21(26-13-11-25(12-14-26)19-8-5-15-28-19)24-10-9-17-6-4-7-18(16-17)20(27)22-2;/h4-8,15-16H,3,9-14H2,1-2H3,(H,22,27)(H,23,24);1H. The highest BCUT2D eigenvalue weighted by Crippen LogP contribution is 2.22. The number of nitrogens with one attached hydrogen (secondary N) is 2. The van der Waals surface area contributed by atoms with Crippen LogP contribution in [0.25, 0.3) is 0 Å². The summed E-state index contributed by atoms with van der Waals surface area (Å²) >= 11 is 1.80. The van der Waals surface area contributed by atoms with E-state index in [1.54, 1.807) is 18.4 Å². The Morgan fingerprint density at radius 1 is 1.17 bits per heavy atom. The zero-order chi connectivity index (χ0) is 19.8. The number of nitrogens with zero attached hydrogens (tertiary/aromatic N) is 3. The highest BCUT2D eigenvalue weighted by molar-refractivity contribution is 14.0. The molecule has 0 saturated carbocycles. The highest BCUT2D eigenvalue weighted by Gasteiger charge is 2.20. The van der Waals surface area contributed by atoms with Crippen LogP contribution in [-0.4, -0.2) is 63.1 Å². The minimum Gasteiger partial charge on any atom is -0.360 e. The Morgan fingerprint density at radius 3 is 2.62 bits per heavy atom. The van der Waals surface area contributed by atoms with Crippen LogP contribution in [-0.2, 0) is 6.42 Å². The van der Waals surface area contributed by atoms with Crippen molar-refractivity contribution >= 4 is 52.2 Å². The fourth-order valence-corrected chi connectivity index (χ4v) is 4.10. The first-order chi connectivity index (χ1) is 13.7. The molecule has 0 spiro atoms. The lowest BCUT2D eigenvalue weighted by Crippen LogP contribution is -2.52. The summed E-state index contributed by atoms with van der Waals surface area (Å²) < 4.78 is 0. The average molecular weight is 527 g/mol. The van der Waals surface area contributed by atoms with E-state index in [0.29, 0.717) is 12.1 Å². The van der Waals surface area contributed by atoms with Crippen LogP contribution >= 0.6 is 35.3 Å². The zero-order valence-electron chi connectivity index (χ0n) is 17.1.